The minimum Gasteiger partial charge on any atom is -0.352 e. The van der Waals surface area contributed by atoms with Crippen molar-refractivity contribution < 1.29 is 4.79 Å². The number of fused-ring (bicyclic) bond motifs is 1. The molecule has 0 atom stereocenters. The molecular formula is C35H53N3O. The predicted molar refractivity (Wildman–Crippen MR) is 166 cm³/mol. The van der Waals surface area contributed by atoms with Gasteiger partial charge in [-0.1, -0.05) is 133 Å². The van der Waals surface area contributed by atoms with Crippen LogP contribution in [0.15, 0.2) is 48.5 Å². The Balaban J connectivity index is 1.28. The summed E-state index contributed by atoms with van der Waals surface area (Å²) in [4.78, 5) is 17.4. The largest absolute Gasteiger partial charge is 0.352 e. The number of hydrogen-bond donors (Lipinski definition) is 1. The summed E-state index contributed by atoms with van der Waals surface area (Å²) < 4.78 is 2.37. The molecule has 1 amide bonds. The lowest BCUT2D eigenvalue weighted by molar-refractivity contribution is 0.0954. The monoisotopic (exact) mass is 531 g/mol. The lowest BCUT2D eigenvalue weighted by Crippen LogP contribution is -2.26. The van der Waals surface area contributed by atoms with Gasteiger partial charge in [-0.05, 0) is 37.6 Å². The summed E-state index contributed by atoms with van der Waals surface area (Å²) in [6, 6.07) is 16.1. The number of carbonyl (C=O) groups excluding carboxylic acids is 1. The number of benzene rings is 2. The maximum Gasteiger partial charge on any atom is 0.251 e. The molecule has 4 heteroatoms. The van der Waals surface area contributed by atoms with Gasteiger partial charge >= 0.3 is 0 Å². The highest BCUT2D eigenvalue weighted by Gasteiger charge is 2.11. The van der Waals surface area contributed by atoms with Crippen LogP contribution in [0.5, 0.6) is 0 Å². The highest BCUT2D eigenvalue weighted by atomic mass is 16.1. The van der Waals surface area contributed by atoms with E-state index in [9.17, 15) is 4.79 Å². The second-order valence-electron chi connectivity index (χ2n) is 11.3. The number of unbranched alkanes of at least 4 members (excludes halogenated alkanes) is 15. The van der Waals surface area contributed by atoms with E-state index in [0.29, 0.717) is 12.1 Å². The van der Waals surface area contributed by atoms with Crippen LogP contribution in [0.4, 0.5) is 0 Å². The van der Waals surface area contributed by atoms with Crippen LogP contribution < -0.4 is 5.32 Å². The van der Waals surface area contributed by atoms with E-state index in [4.69, 9.17) is 4.98 Å². The summed E-state index contributed by atoms with van der Waals surface area (Å²) in [7, 11) is 0. The van der Waals surface area contributed by atoms with Crippen molar-refractivity contribution in [1.29, 1.82) is 0 Å². The fraction of sp³-hybridized carbons (Fsp3) is 0.600. The van der Waals surface area contributed by atoms with E-state index >= 15 is 0 Å². The van der Waals surface area contributed by atoms with Gasteiger partial charge in [0.1, 0.15) is 5.82 Å². The van der Waals surface area contributed by atoms with Crippen LogP contribution in [0.2, 0.25) is 0 Å². The van der Waals surface area contributed by atoms with Crippen LogP contribution in [0, 0.1) is 6.92 Å². The van der Waals surface area contributed by atoms with E-state index in [-0.39, 0.29) is 5.91 Å². The van der Waals surface area contributed by atoms with Crippen LogP contribution in [-0.2, 0) is 13.0 Å². The first-order chi connectivity index (χ1) is 19.2. The van der Waals surface area contributed by atoms with E-state index in [0.717, 1.165) is 29.9 Å². The van der Waals surface area contributed by atoms with Gasteiger partial charge in [0.2, 0.25) is 0 Å². The quantitative estimate of drug-likeness (QED) is 0.139. The minimum atomic E-state index is -0.0181. The van der Waals surface area contributed by atoms with Gasteiger partial charge < -0.3 is 9.88 Å². The minimum absolute atomic E-state index is 0.0181. The summed E-state index contributed by atoms with van der Waals surface area (Å²) in [6.45, 7) is 5.92. The SMILES string of the molecule is CCCCCCCCCCCCCCCCCCn1c(CCNC(=O)c2ccc(C)cc2)nc2ccccc21. The maximum atomic E-state index is 12.5. The Morgan fingerprint density at radius 1 is 0.718 bits per heavy atom. The molecule has 2 aromatic carbocycles. The summed E-state index contributed by atoms with van der Waals surface area (Å²) in [5.74, 6) is 1.05. The van der Waals surface area contributed by atoms with Gasteiger partial charge in [0.15, 0.2) is 0 Å². The number of imidazole rings is 1. The van der Waals surface area contributed by atoms with Crippen molar-refractivity contribution in [3.63, 3.8) is 0 Å². The van der Waals surface area contributed by atoms with Gasteiger partial charge in [-0.15, -0.1) is 0 Å². The number of carbonyl (C=O) groups is 1. The van der Waals surface area contributed by atoms with Gasteiger partial charge in [-0.3, -0.25) is 4.79 Å². The third kappa shape index (κ3) is 11.6. The Morgan fingerprint density at radius 3 is 1.85 bits per heavy atom. The zero-order valence-electron chi connectivity index (χ0n) is 24.9. The average molecular weight is 532 g/mol. The molecule has 0 aliphatic rings. The summed E-state index contributed by atoms with van der Waals surface area (Å²) in [5, 5.41) is 3.07. The number of aryl methyl sites for hydroxylation is 2. The zero-order chi connectivity index (χ0) is 27.5. The van der Waals surface area contributed by atoms with Crippen LogP contribution in [0.25, 0.3) is 11.0 Å². The van der Waals surface area contributed by atoms with Crippen molar-refractivity contribution in [2.24, 2.45) is 0 Å². The summed E-state index contributed by atoms with van der Waals surface area (Å²) in [5.41, 5.74) is 4.13. The lowest BCUT2D eigenvalue weighted by atomic mass is 10.0. The molecule has 3 rings (SSSR count). The molecule has 39 heavy (non-hydrogen) atoms. The number of amides is 1. The third-order valence-electron chi connectivity index (χ3n) is 7.92. The Morgan fingerprint density at radius 2 is 1.26 bits per heavy atom. The molecule has 0 aliphatic carbocycles. The van der Waals surface area contributed by atoms with E-state index in [2.05, 4.69) is 41.1 Å². The molecule has 4 nitrogen and oxygen atoms in total. The lowest BCUT2D eigenvalue weighted by Gasteiger charge is -2.10. The Hall–Kier alpha value is -2.62. The van der Waals surface area contributed by atoms with Crippen molar-refractivity contribution in [2.45, 2.75) is 130 Å². The molecule has 0 bridgehead atoms. The van der Waals surface area contributed by atoms with Gasteiger partial charge in [-0.25, -0.2) is 4.98 Å². The topological polar surface area (TPSA) is 46.9 Å². The molecule has 0 spiro atoms. The third-order valence-corrected chi connectivity index (χ3v) is 7.92. The Bertz CT molecular complexity index is 1070. The molecular weight excluding hydrogens is 478 g/mol. The second-order valence-corrected chi connectivity index (χ2v) is 11.3. The molecule has 0 fully saturated rings. The standard InChI is InChI=1S/C35H53N3O/c1-3-4-5-6-7-8-9-10-11-12-13-14-15-16-17-20-29-38-33-22-19-18-21-32(33)37-34(38)27-28-36-35(39)31-25-23-30(2)24-26-31/h18-19,21-26H,3-17,20,27-29H2,1-2H3,(H,36,39). The number of nitrogens with one attached hydrogen (secondary N) is 1. The van der Waals surface area contributed by atoms with Gasteiger partial charge in [0.05, 0.1) is 11.0 Å². The molecule has 0 radical (unpaired) electrons. The smallest absolute Gasteiger partial charge is 0.251 e. The molecule has 0 saturated carbocycles. The molecule has 0 aliphatic heterocycles. The van der Waals surface area contributed by atoms with E-state index in [1.165, 1.54) is 108 Å². The average Bonchev–Trinajstić information content (AvgIpc) is 3.30. The van der Waals surface area contributed by atoms with Crippen molar-refractivity contribution in [1.82, 2.24) is 14.9 Å². The Kier molecular flexibility index (Phi) is 14.8. The second kappa shape index (κ2) is 18.6. The number of hydrogen-bond acceptors (Lipinski definition) is 2. The van der Waals surface area contributed by atoms with Crippen LogP contribution in [-0.4, -0.2) is 22.0 Å². The highest BCUT2D eigenvalue weighted by Crippen LogP contribution is 2.19. The molecule has 3 aromatic rings. The van der Waals surface area contributed by atoms with Crippen molar-refractivity contribution >= 4 is 16.9 Å². The fourth-order valence-electron chi connectivity index (χ4n) is 5.48. The number of nitrogens with zero attached hydrogens (tertiary/aromatic N) is 2. The van der Waals surface area contributed by atoms with Crippen molar-refractivity contribution in [3.05, 3.63) is 65.5 Å². The van der Waals surface area contributed by atoms with Crippen molar-refractivity contribution in [3.8, 4) is 0 Å². The first-order valence-electron chi connectivity index (χ1n) is 16.0. The van der Waals surface area contributed by atoms with E-state index < -0.39 is 0 Å². The van der Waals surface area contributed by atoms with Crippen LogP contribution >= 0.6 is 0 Å². The van der Waals surface area contributed by atoms with Crippen LogP contribution in [0.1, 0.15) is 131 Å². The summed E-state index contributed by atoms with van der Waals surface area (Å²) >= 11 is 0. The first-order valence-corrected chi connectivity index (χ1v) is 16.0. The molecule has 1 heterocycles. The number of aromatic nitrogens is 2. The fourth-order valence-corrected chi connectivity index (χ4v) is 5.48. The number of para-hydroxylation sites is 2. The van der Waals surface area contributed by atoms with Gasteiger partial charge in [-0.2, -0.15) is 0 Å². The molecule has 214 valence electrons. The van der Waals surface area contributed by atoms with E-state index in [1.807, 2.05) is 31.2 Å². The number of rotatable bonds is 21. The van der Waals surface area contributed by atoms with Crippen molar-refractivity contribution in [2.75, 3.05) is 6.54 Å². The maximum absolute atomic E-state index is 12.5. The predicted octanol–water partition coefficient (Wildman–Crippen LogP) is 9.58. The molecule has 1 N–H and O–H groups in total. The normalized spacial score (nSPS) is 11.3. The van der Waals surface area contributed by atoms with Gasteiger partial charge in [0.25, 0.3) is 5.91 Å². The zero-order valence-corrected chi connectivity index (χ0v) is 24.9. The highest BCUT2D eigenvalue weighted by molar-refractivity contribution is 5.94. The van der Waals surface area contributed by atoms with Crippen LogP contribution in [0.3, 0.4) is 0 Å². The first kappa shape index (κ1) is 30.9. The van der Waals surface area contributed by atoms with E-state index in [1.54, 1.807) is 0 Å². The molecule has 1 aromatic heterocycles. The van der Waals surface area contributed by atoms with Gasteiger partial charge in [0, 0.05) is 25.1 Å². The molecule has 0 saturated heterocycles. The Labute approximate surface area is 238 Å². The summed E-state index contributed by atoms with van der Waals surface area (Å²) in [6.07, 6.45) is 22.9. The molecule has 0 unspecified atom stereocenters.